The second-order valence-corrected chi connectivity index (χ2v) is 9.51. The van der Waals surface area contributed by atoms with Crippen LogP contribution in [-0.4, -0.2) is 39.3 Å². The number of carboxylic acid groups (broad SMARTS) is 1. The van der Waals surface area contributed by atoms with Gasteiger partial charge in [0.1, 0.15) is 17.4 Å². The van der Waals surface area contributed by atoms with Crippen LogP contribution in [0.25, 0.3) is 34.0 Å². The van der Waals surface area contributed by atoms with Crippen LogP contribution in [0.5, 0.6) is 5.75 Å². The Morgan fingerprint density at radius 2 is 1.84 bits per heavy atom. The average Bonchev–Trinajstić information content (AvgIpc) is 3.49. The molecule has 0 spiro atoms. The quantitative estimate of drug-likeness (QED) is 0.370. The molecular weight excluding hydrogens is 480 g/mol. The smallest absolute Gasteiger partial charge is 0.306 e. The summed E-state index contributed by atoms with van der Waals surface area (Å²) in [6, 6.07) is 14.8. The summed E-state index contributed by atoms with van der Waals surface area (Å²) < 4.78 is 39.7. The highest BCUT2D eigenvalue weighted by atomic mass is 19.1. The first kappa shape index (κ1) is 23.3. The van der Waals surface area contributed by atoms with Gasteiger partial charge in [-0.3, -0.25) is 9.69 Å². The molecule has 0 unspecified atom stereocenters. The van der Waals surface area contributed by atoms with Crippen LogP contribution in [0.1, 0.15) is 24.0 Å². The molecule has 1 aromatic heterocycles. The van der Waals surface area contributed by atoms with Gasteiger partial charge in [-0.05, 0) is 59.9 Å². The SMILES string of the molecule is COc1cc(-c2nc(-c3ccc4c(c3)CN([C@H]3C[C@H](C(=O)O)C3)C4)no2)c(F)cc1-c1cccc(F)c1. The molecule has 1 N–H and O–H groups in total. The fraction of sp³-hybridized carbons (Fsp3) is 0.250. The number of rotatable bonds is 6. The number of methoxy groups -OCH3 is 1. The van der Waals surface area contributed by atoms with Crippen LogP contribution in [0.2, 0.25) is 0 Å². The summed E-state index contributed by atoms with van der Waals surface area (Å²) in [6.07, 6.45) is 1.36. The summed E-state index contributed by atoms with van der Waals surface area (Å²) in [5.74, 6) is -1.31. The Kier molecular flexibility index (Phi) is 5.72. The summed E-state index contributed by atoms with van der Waals surface area (Å²) >= 11 is 0. The van der Waals surface area contributed by atoms with Crippen LogP contribution < -0.4 is 4.74 Å². The summed E-state index contributed by atoms with van der Waals surface area (Å²) in [5.41, 5.74) is 4.05. The number of aliphatic carboxylic acids is 1. The van der Waals surface area contributed by atoms with E-state index in [9.17, 15) is 9.18 Å². The molecule has 4 aromatic rings. The molecule has 2 aliphatic rings. The number of halogens is 2. The van der Waals surface area contributed by atoms with Gasteiger partial charge in [0.2, 0.25) is 5.82 Å². The average molecular weight is 504 g/mol. The monoisotopic (exact) mass is 503 g/mol. The van der Waals surface area contributed by atoms with Crippen LogP contribution >= 0.6 is 0 Å². The third kappa shape index (κ3) is 4.25. The standard InChI is InChI=1S/C28H23F2N3O4/c1-36-25-12-23(24(30)11-22(25)15-3-2-4-20(29)8-15)27-31-26(32-37-27)16-5-6-17-13-33(14-19(17)7-16)21-9-18(10-21)28(34)35/h2-8,11-12,18,21H,9-10,13-14H2,1H3,(H,34,35)/t18-,21-. The third-order valence-corrected chi connectivity index (χ3v) is 7.27. The van der Waals surface area contributed by atoms with Gasteiger partial charge in [-0.1, -0.05) is 29.4 Å². The molecule has 7 nitrogen and oxygen atoms in total. The van der Waals surface area contributed by atoms with Crippen molar-refractivity contribution in [3.05, 3.63) is 77.4 Å². The van der Waals surface area contributed by atoms with Crippen molar-refractivity contribution in [2.24, 2.45) is 5.92 Å². The maximum atomic E-state index is 15.1. The van der Waals surface area contributed by atoms with Crippen LogP contribution in [0.3, 0.4) is 0 Å². The normalized spacial score (nSPS) is 18.9. The zero-order chi connectivity index (χ0) is 25.7. The molecule has 1 saturated carbocycles. The zero-order valence-corrected chi connectivity index (χ0v) is 19.9. The number of aromatic nitrogens is 2. The van der Waals surface area contributed by atoms with Crippen molar-refractivity contribution in [3.63, 3.8) is 0 Å². The van der Waals surface area contributed by atoms with E-state index in [4.69, 9.17) is 14.4 Å². The predicted molar refractivity (Wildman–Crippen MR) is 130 cm³/mol. The number of ether oxygens (including phenoxy) is 1. The van der Waals surface area contributed by atoms with Crippen LogP contribution in [-0.2, 0) is 17.9 Å². The minimum absolute atomic E-state index is 0.00731. The first-order valence-corrected chi connectivity index (χ1v) is 12.0. The number of hydrogen-bond donors (Lipinski definition) is 1. The second-order valence-electron chi connectivity index (χ2n) is 9.51. The Morgan fingerprint density at radius 1 is 1.03 bits per heavy atom. The van der Waals surface area contributed by atoms with E-state index in [2.05, 4.69) is 15.0 Å². The van der Waals surface area contributed by atoms with Crippen molar-refractivity contribution in [1.29, 1.82) is 0 Å². The topological polar surface area (TPSA) is 88.7 Å². The number of carboxylic acids is 1. The number of carbonyl (C=O) groups is 1. The highest BCUT2D eigenvalue weighted by Crippen LogP contribution is 2.39. The van der Waals surface area contributed by atoms with Gasteiger partial charge in [0.15, 0.2) is 0 Å². The largest absolute Gasteiger partial charge is 0.496 e. The van der Waals surface area contributed by atoms with Crippen LogP contribution in [0.4, 0.5) is 8.78 Å². The summed E-state index contributed by atoms with van der Waals surface area (Å²) in [5, 5.41) is 13.2. The Hall–Kier alpha value is -4.11. The predicted octanol–water partition coefficient (Wildman–Crippen LogP) is 5.54. The third-order valence-electron chi connectivity index (χ3n) is 7.27. The molecular formula is C28H23F2N3O4. The lowest BCUT2D eigenvalue weighted by Crippen LogP contribution is -2.44. The molecule has 9 heteroatoms. The minimum atomic E-state index is -0.721. The first-order chi connectivity index (χ1) is 17.9. The summed E-state index contributed by atoms with van der Waals surface area (Å²) in [4.78, 5) is 17.9. The van der Waals surface area contributed by atoms with E-state index in [1.165, 1.54) is 36.9 Å². The zero-order valence-electron chi connectivity index (χ0n) is 19.9. The van der Waals surface area contributed by atoms with Gasteiger partial charge in [-0.15, -0.1) is 0 Å². The number of fused-ring (bicyclic) bond motifs is 1. The van der Waals surface area contributed by atoms with Crippen molar-refractivity contribution < 1.29 is 27.9 Å². The Labute approximate surface area is 211 Å². The van der Waals surface area contributed by atoms with Crippen molar-refractivity contribution >= 4 is 5.97 Å². The maximum absolute atomic E-state index is 15.1. The van der Waals surface area contributed by atoms with E-state index in [1.54, 1.807) is 12.1 Å². The first-order valence-electron chi connectivity index (χ1n) is 12.0. The Morgan fingerprint density at radius 3 is 2.59 bits per heavy atom. The Bertz CT molecular complexity index is 1510. The lowest BCUT2D eigenvalue weighted by Gasteiger charge is -2.39. The molecule has 0 radical (unpaired) electrons. The van der Waals surface area contributed by atoms with Gasteiger partial charge >= 0.3 is 5.97 Å². The molecule has 1 aliphatic heterocycles. The van der Waals surface area contributed by atoms with Gasteiger partial charge in [-0.25, -0.2) is 8.78 Å². The fourth-order valence-corrected chi connectivity index (χ4v) is 5.12. The van der Waals surface area contributed by atoms with E-state index >= 15 is 4.39 Å². The molecule has 0 atom stereocenters. The molecule has 3 aromatic carbocycles. The molecule has 1 aliphatic carbocycles. The van der Waals surface area contributed by atoms with E-state index in [-0.39, 0.29) is 23.4 Å². The van der Waals surface area contributed by atoms with Gasteiger partial charge in [0.25, 0.3) is 5.89 Å². The van der Waals surface area contributed by atoms with Crippen molar-refractivity contribution in [1.82, 2.24) is 15.0 Å². The molecule has 0 saturated heterocycles. The molecule has 188 valence electrons. The fourth-order valence-electron chi connectivity index (χ4n) is 5.12. The van der Waals surface area contributed by atoms with Gasteiger partial charge < -0.3 is 14.4 Å². The number of benzene rings is 3. The van der Waals surface area contributed by atoms with Crippen molar-refractivity contribution in [3.8, 4) is 39.7 Å². The minimum Gasteiger partial charge on any atom is -0.496 e. The van der Waals surface area contributed by atoms with E-state index < -0.39 is 17.6 Å². The summed E-state index contributed by atoms with van der Waals surface area (Å²) in [6.45, 7) is 1.52. The van der Waals surface area contributed by atoms with E-state index in [1.807, 2.05) is 18.2 Å². The summed E-state index contributed by atoms with van der Waals surface area (Å²) in [7, 11) is 1.46. The molecule has 37 heavy (non-hydrogen) atoms. The maximum Gasteiger partial charge on any atom is 0.306 e. The highest BCUT2D eigenvalue weighted by molar-refractivity contribution is 5.75. The lowest BCUT2D eigenvalue weighted by atomic mass is 9.79. The lowest BCUT2D eigenvalue weighted by molar-refractivity contribution is -0.147. The van der Waals surface area contributed by atoms with Crippen LogP contribution in [0, 0.1) is 17.6 Å². The molecule has 2 heterocycles. The number of hydrogen-bond acceptors (Lipinski definition) is 6. The van der Waals surface area contributed by atoms with Gasteiger partial charge in [0, 0.05) is 30.3 Å². The van der Waals surface area contributed by atoms with Crippen LogP contribution in [0.15, 0.2) is 59.1 Å². The molecule has 0 amide bonds. The van der Waals surface area contributed by atoms with Gasteiger partial charge in [-0.2, -0.15) is 4.98 Å². The second kappa shape index (κ2) is 9.08. The molecule has 0 bridgehead atoms. The van der Waals surface area contributed by atoms with E-state index in [0.29, 0.717) is 35.5 Å². The van der Waals surface area contributed by atoms with E-state index in [0.717, 1.165) is 24.2 Å². The molecule has 6 rings (SSSR count). The highest BCUT2D eigenvalue weighted by Gasteiger charge is 2.39. The van der Waals surface area contributed by atoms with Crippen molar-refractivity contribution in [2.45, 2.75) is 32.0 Å². The molecule has 1 fully saturated rings. The van der Waals surface area contributed by atoms with Gasteiger partial charge in [0.05, 0.1) is 18.6 Å². The Balaban J connectivity index is 1.24. The van der Waals surface area contributed by atoms with Crippen molar-refractivity contribution in [2.75, 3.05) is 7.11 Å². The number of nitrogens with zero attached hydrogens (tertiary/aromatic N) is 3.